The second kappa shape index (κ2) is 5.03. The Balaban J connectivity index is 2.33. The molecular weight excluding hydrogens is 266 g/mol. The minimum Gasteiger partial charge on any atom is -0.327 e. The van der Waals surface area contributed by atoms with E-state index in [0.29, 0.717) is 5.56 Å². The second-order valence-corrected chi connectivity index (χ2v) is 5.33. The Bertz CT molecular complexity index is 827. The van der Waals surface area contributed by atoms with Crippen LogP contribution in [0.1, 0.15) is 5.56 Å². The normalized spacial score (nSPS) is 10.7. The smallest absolute Gasteiger partial charge is 0.142 e. The number of nitriles is 1. The number of aromatic nitrogens is 2. The maximum atomic E-state index is 9.20. The fraction of sp³-hybridized carbons (Fsp3) is 0.125. The first kappa shape index (κ1) is 12.8. The van der Waals surface area contributed by atoms with E-state index in [1.807, 2.05) is 35.9 Å². The van der Waals surface area contributed by atoms with Gasteiger partial charge in [0.1, 0.15) is 17.4 Å². The van der Waals surface area contributed by atoms with Gasteiger partial charge in [-0.15, -0.1) is 11.8 Å². The van der Waals surface area contributed by atoms with E-state index >= 15 is 0 Å². The summed E-state index contributed by atoms with van der Waals surface area (Å²) in [6.45, 7) is 0. The van der Waals surface area contributed by atoms with Crippen molar-refractivity contribution >= 4 is 22.8 Å². The predicted molar refractivity (Wildman–Crippen MR) is 82.6 cm³/mol. The van der Waals surface area contributed by atoms with E-state index in [4.69, 9.17) is 0 Å². The Morgan fingerprint density at radius 1 is 1.15 bits per heavy atom. The van der Waals surface area contributed by atoms with Crippen molar-refractivity contribution in [2.75, 3.05) is 6.26 Å². The number of imidazole rings is 1. The third kappa shape index (κ3) is 1.87. The molecule has 0 unspecified atom stereocenters. The highest BCUT2D eigenvalue weighted by Crippen LogP contribution is 2.31. The van der Waals surface area contributed by atoms with Gasteiger partial charge in [0.2, 0.25) is 0 Å². The molecule has 0 aliphatic carbocycles. The maximum absolute atomic E-state index is 9.20. The molecule has 0 saturated carbocycles. The Labute approximate surface area is 121 Å². The molecule has 0 fully saturated rings. The van der Waals surface area contributed by atoms with E-state index in [0.717, 1.165) is 22.4 Å². The Hall–Kier alpha value is -2.25. The lowest BCUT2D eigenvalue weighted by Crippen LogP contribution is -1.93. The van der Waals surface area contributed by atoms with Gasteiger partial charge in [0.05, 0.1) is 11.1 Å². The highest BCUT2D eigenvalue weighted by molar-refractivity contribution is 7.98. The van der Waals surface area contributed by atoms with Crippen molar-refractivity contribution in [1.29, 1.82) is 5.26 Å². The van der Waals surface area contributed by atoms with Crippen LogP contribution in [0.2, 0.25) is 0 Å². The number of nitrogens with zero attached hydrogens (tertiary/aromatic N) is 3. The van der Waals surface area contributed by atoms with E-state index < -0.39 is 0 Å². The first-order chi connectivity index (χ1) is 9.76. The molecule has 0 saturated heterocycles. The highest BCUT2D eigenvalue weighted by Gasteiger charge is 2.14. The monoisotopic (exact) mass is 279 g/mol. The van der Waals surface area contributed by atoms with E-state index in [2.05, 4.69) is 29.4 Å². The first-order valence-corrected chi connectivity index (χ1v) is 7.47. The van der Waals surface area contributed by atoms with Crippen molar-refractivity contribution in [3.05, 3.63) is 48.0 Å². The van der Waals surface area contributed by atoms with Crippen LogP contribution in [0.25, 0.3) is 22.4 Å². The summed E-state index contributed by atoms with van der Waals surface area (Å²) in [7, 11) is 1.99. The Morgan fingerprint density at radius 2 is 1.95 bits per heavy atom. The second-order valence-electron chi connectivity index (χ2n) is 4.48. The van der Waals surface area contributed by atoms with Crippen LogP contribution in [0.5, 0.6) is 0 Å². The highest BCUT2D eigenvalue weighted by atomic mass is 32.2. The van der Waals surface area contributed by atoms with Gasteiger partial charge in [-0.3, -0.25) is 0 Å². The topological polar surface area (TPSA) is 41.6 Å². The van der Waals surface area contributed by atoms with Gasteiger partial charge in [-0.2, -0.15) is 5.26 Å². The van der Waals surface area contributed by atoms with Crippen LogP contribution < -0.4 is 0 Å². The van der Waals surface area contributed by atoms with Gasteiger partial charge in [0.25, 0.3) is 0 Å². The molecule has 3 nitrogen and oxygen atoms in total. The molecule has 98 valence electrons. The molecule has 1 heterocycles. The van der Waals surface area contributed by atoms with Crippen LogP contribution in [-0.4, -0.2) is 15.8 Å². The molecule has 0 aliphatic heterocycles. The molecule has 3 aromatic rings. The zero-order chi connectivity index (χ0) is 14.1. The molecule has 0 atom stereocenters. The Kier molecular flexibility index (Phi) is 3.21. The predicted octanol–water partition coefficient (Wildman–Crippen LogP) is 3.83. The van der Waals surface area contributed by atoms with E-state index in [-0.39, 0.29) is 0 Å². The van der Waals surface area contributed by atoms with Gasteiger partial charge in [-0.25, -0.2) is 4.98 Å². The summed E-state index contributed by atoms with van der Waals surface area (Å²) in [6, 6.07) is 16.1. The SMILES string of the molecule is CSc1ccccc1-c1nc2c(C#N)cccc2n1C. The van der Waals surface area contributed by atoms with Crippen LogP contribution >= 0.6 is 11.8 Å². The number of hydrogen-bond acceptors (Lipinski definition) is 3. The van der Waals surface area contributed by atoms with Crippen LogP contribution in [0.4, 0.5) is 0 Å². The number of benzene rings is 2. The summed E-state index contributed by atoms with van der Waals surface area (Å²) in [6.07, 6.45) is 2.06. The van der Waals surface area contributed by atoms with Gasteiger partial charge < -0.3 is 4.57 Å². The number of para-hydroxylation sites is 1. The summed E-state index contributed by atoms with van der Waals surface area (Å²) < 4.78 is 2.05. The van der Waals surface area contributed by atoms with E-state index in [9.17, 15) is 5.26 Å². The van der Waals surface area contributed by atoms with Gasteiger partial charge in [0.15, 0.2) is 0 Å². The summed E-state index contributed by atoms with van der Waals surface area (Å²) in [5.74, 6) is 0.896. The van der Waals surface area contributed by atoms with E-state index in [1.54, 1.807) is 17.8 Å². The lowest BCUT2D eigenvalue weighted by molar-refractivity contribution is 0.955. The third-order valence-corrected chi connectivity index (χ3v) is 4.18. The van der Waals surface area contributed by atoms with Crippen molar-refractivity contribution in [1.82, 2.24) is 9.55 Å². The largest absolute Gasteiger partial charge is 0.327 e. The molecule has 0 amide bonds. The molecule has 0 bridgehead atoms. The van der Waals surface area contributed by atoms with Crippen LogP contribution in [-0.2, 0) is 7.05 Å². The molecule has 3 rings (SSSR count). The van der Waals surface area contributed by atoms with Gasteiger partial charge in [-0.05, 0) is 24.5 Å². The zero-order valence-electron chi connectivity index (χ0n) is 11.3. The first-order valence-electron chi connectivity index (χ1n) is 6.25. The standard InChI is InChI=1S/C16H13N3S/c1-19-13-8-5-6-11(10-17)15(13)18-16(19)12-7-3-4-9-14(12)20-2/h3-9H,1-2H3. The third-order valence-electron chi connectivity index (χ3n) is 3.38. The molecule has 0 spiro atoms. The van der Waals surface area contributed by atoms with Crippen LogP contribution in [0.15, 0.2) is 47.4 Å². The average Bonchev–Trinajstić information content (AvgIpc) is 2.84. The quantitative estimate of drug-likeness (QED) is 0.669. The number of hydrogen-bond donors (Lipinski definition) is 0. The van der Waals surface area contributed by atoms with Crippen LogP contribution in [0, 0.1) is 11.3 Å². The van der Waals surface area contributed by atoms with E-state index in [1.165, 1.54) is 4.90 Å². The minimum atomic E-state index is 0.617. The molecule has 1 aromatic heterocycles. The number of fused-ring (bicyclic) bond motifs is 1. The van der Waals surface area contributed by atoms with Crippen molar-refractivity contribution < 1.29 is 0 Å². The summed E-state index contributed by atoms with van der Waals surface area (Å²) >= 11 is 1.70. The fourth-order valence-electron chi connectivity index (χ4n) is 2.37. The number of aryl methyl sites for hydroxylation is 1. The molecule has 0 N–H and O–H groups in total. The Morgan fingerprint density at radius 3 is 2.70 bits per heavy atom. The van der Waals surface area contributed by atoms with Crippen molar-refractivity contribution in [3.8, 4) is 17.5 Å². The molecule has 0 aliphatic rings. The fourth-order valence-corrected chi connectivity index (χ4v) is 2.97. The summed E-state index contributed by atoms with van der Waals surface area (Å²) in [4.78, 5) is 5.87. The zero-order valence-corrected chi connectivity index (χ0v) is 12.1. The summed E-state index contributed by atoms with van der Waals surface area (Å²) in [5, 5.41) is 9.20. The van der Waals surface area contributed by atoms with Crippen molar-refractivity contribution in [2.24, 2.45) is 7.05 Å². The van der Waals surface area contributed by atoms with Gasteiger partial charge >= 0.3 is 0 Å². The lowest BCUT2D eigenvalue weighted by Gasteiger charge is -2.06. The van der Waals surface area contributed by atoms with Crippen LogP contribution in [0.3, 0.4) is 0 Å². The lowest BCUT2D eigenvalue weighted by atomic mass is 10.2. The van der Waals surface area contributed by atoms with Crippen molar-refractivity contribution in [2.45, 2.75) is 4.90 Å². The minimum absolute atomic E-state index is 0.617. The molecule has 4 heteroatoms. The summed E-state index contributed by atoms with van der Waals surface area (Å²) in [5.41, 5.74) is 3.46. The molecule has 2 aromatic carbocycles. The molecular formula is C16H13N3S. The average molecular weight is 279 g/mol. The molecule has 20 heavy (non-hydrogen) atoms. The molecule has 0 radical (unpaired) electrons. The number of thioether (sulfide) groups is 1. The number of rotatable bonds is 2. The van der Waals surface area contributed by atoms with Gasteiger partial charge in [-0.1, -0.05) is 24.3 Å². The van der Waals surface area contributed by atoms with Gasteiger partial charge in [0, 0.05) is 17.5 Å². The van der Waals surface area contributed by atoms with Crippen molar-refractivity contribution in [3.63, 3.8) is 0 Å². The maximum Gasteiger partial charge on any atom is 0.142 e.